The van der Waals surface area contributed by atoms with Crippen LogP contribution >= 0.6 is 11.6 Å². The third kappa shape index (κ3) is 7.58. The van der Waals surface area contributed by atoms with Crippen LogP contribution in [0.1, 0.15) is 81.3 Å². The zero-order valence-corrected chi connectivity index (χ0v) is 27.4. The van der Waals surface area contributed by atoms with Gasteiger partial charge < -0.3 is 29.4 Å². The first kappa shape index (κ1) is 32.9. The molecule has 0 spiro atoms. The van der Waals surface area contributed by atoms with Crippen molar-refractivity contribution in [1.82, 2.24) is 4.90 Å². The highest BCUT2D eigenvalue weighted by Gasteiger charge is 2.38. The number of hydrogen-bond acceptors (Lipinski definition) is 6. The van der Waals surface area contributed by atoms with Gasteiger partial charge in [-0.05, 0) is 74.3 Å². The molecule has 2 saturated carbocycles. The molecule has 6 rings (SSSR count). The third-order valence-corrected chi connectivity index (χ3v) is 10.6. The molecule has 2 aromatic carbocycles. The molecule has 2 heterocycles. The maximum absolute atomic E-state index is 15.5. The van der Waals surface area contributed by atoms with E-state index < -0.39 is 11.7 Å². The lowest BCUT2D eigenvalue weighted by Crippen LogP contribution is -2.40. The van der Waals surface area contributed by atoms with Gasteiger partial charge in [-0.1, -0.05) is 49.1 Å². The number of amides is 2. The second-order valence-corrected chi connectivity index (χ2v) is 13.9. The molecule has 8 nitrogen and oxygen atoms in total. The molecule has 46 heavy (non-hydrogen) atoms. The summed E-state index contributed by atoms with van der Waals surface area (Å²) in [6, 6.07) is 10.2. The fourth-order valence-electron chi connectivity index (χ4n) is 7.68. The zero-order valence-electron chi connectivity index (χ0n) is 26.6. The minimum atomic E-state index is -0.592. The highest BCUT2D eigenvalue weighted by Crippen LogP contribution is 2.37. The Bertz CT molecular complexity index is 1410. The molecule has 248 valence electrons. The lowest BCUT2D eigenvalue weighted by Gasteiger charge is -2.29. The van der Waals surface area contributed by atoms with Gasteiger partial charge in [-0.25, -0.2) is 4.39 Å². The van der Waals surface area contributed by atoms with Gasteiger partial charge in [0.1, 0.15) is 12.1 Å². The Kier molecular flexibility index (Phi) is 10.6. The highest BCUT2D eigenvalue weighted by molar-refractivity contribution is 6.33. The van der Waals surface area contributed by atoms with Crippen molar-refractivity contribution in [1.29, 1.82) is 0 Å². The molecule has 3 fully saturated rings. The van der Waals surface area contributed by atoms with Crippen LogP contribution in [0.25, 0.3) is 0 Å². The van der Waals surface area contributed by atoms with Crippen molar-refractivity contribution in [3.63, 3.8) is 0 Å². The van der Waals surface area contributed by atoms with Crippen LogP contribution < -0.4 is 10.2 Å². The Balaban J connectivity index is 1.10. The second kappa shape index (κ2) is 14.8. The van der Waals surface area contributed by atoms with Crippen LogP contribution in [0.3, 0.4) is 0 Å². The molecule has 10 heteroatoms. The summed E-state index contributed by atoms with van der Waals surface area (Å²) in [6.45, 7) is 1.35. The van der Waals surface area contributed by atoms with Gasteiger partial charge in [0.05, 0.1) is 54.0 Å². The van der Waals surface area contributed by atoms with Gasteiger partial charge >= 0.3 is 0 Å². The predicted molar refractivity (Wildman–Crippen MR) is 176 cm³/mol. The van der Waals surface area contributed by atoms with E-state index in [-0.39, 0.29) is 64.8 Å². The fraction of sp³-hybridized carbons (Fsp3) is 0.583. The van der Waals surface area contributed by atoms with Gasteiger partial charge in [-0.2, -0.15) is 0 Å². The molecule has 3 atom stereocenters. The number of aldehydes is 1. The molecule has 2 aromatic rings. The molecule has 2 aliphatic carbocycles. The second-order valence-electron chi connectivity index (χ2n) is 13.5. The van der Waals surface area contributed by atoms with Crippen LogP contribution in [0.4, 0.5) is 15.8 Å². The van der Waals surface area contributed by atoms with Crippen LogP contribution in [-0.4, -0.2) is 74.1 Å². The van der Waals surface area contributed by atoms with E-state index in [2.05, 4.69) is 5.32 Å². The van der Waals surface area contributed by atoms with Gasteiger partial charge in [-0.15, -0.1) is 0 Å². The number of carbonyl (C=O) groups is 3. The monoisotopic (exact) mass is 653 g/mol. The average molecular weight is 654 g/mol. The Morgan fingerprint density at radius 1 is 1.00 bits per heavy atom. The van der Waals surface area contributed by atoms with Crippen molar-refractivity contribution in [2.24, 2.45) is 5.92 Å². The van der Waals surface area contributed by atoms with E-state index in [1.807, 2.05) is 36.2 Å². The summed E-state index contributed by atoms with van der Waals surface area (Å²) in [7, 11) is 1.94. The summed E-state index contributed by atoms with van der Waals surface area (Å²) in [4.78, 5) is 41.9. The number of nitrogens with zero attached hydrogens (tertiary/aromatic N) is 2. The van der Waals surface area contributed by atoms with Gasteiger partial charge in [0.2, 0.25) is 11.8 Å². The number of fused-ring (bicyclic) bond motifs is 1. The minimum Gasteiger partial charge on any atom is -0.376 e. The maximum atomic E-state index is 15.5. The standard InChI is InChI=1S/C36H45ClFN3O5/c1-40-20-30(29-9-5-6-10-34(29)40)36(44)39-33-18-32(38)24(15-31(33)37)16-35(43)41-19-28(46-27-7-3-2-4-8-27)17-25(41)22-45-26-13-11-23(21-42)12-14-26/h5-6,9-10,15,18,21,23,25-28,30H,2-4,7-8,11-14,16-17,19-20,22H2,1H3,(H,39,44)/t23-,25?,26-,28-,30?/m0/s1. The molecule has 4 aliphatic rings. The SMILES string of the molecule is CN1CC(C(=O)Nc2cc(F)c(CC(=O)N3C[C@@H](OC4CCCCC4)CC3CO[C@H]3CC[C@H](C=O)CC3)cc2Cl)c2ccccc21. The Hall–Kier alpha value is -3.01. The van der Waals surface area contributed by atoms with Crippen molar-refractivity contribution in [3.05, 3.63) is 58.4 Å². The first-order valence-corrected chi connectivity index (χ1v) is 17.3. The molecule has 0 bridgehead atoms. The van der Waals surface area contributed by atoms with Crippen LogP contribution in [0.15, 0.2) is 36.4 Å². The van der Waals surface area contributed by atoms with Crippen molar-refractivity contribution < 1.29 is 28.2 Å². The number of carbonyl (C=O) groups excluding carboxylic acids is 3. The number of hydrogen-bond donors (Lipinski definition) is 1. The highest BCUT2D eigenvalue weighted by atomic mass is 35.5. The number of ether oxygens (including phenoxy) is 2. The Morgan fingerprint density at radius 3 is 2.52 bits per heavy atom. The van der Waals surface area contributed by atoms with Crippen molar-refractivity contribution in [2.45, 2.75) is 101 Å². The van der Waals surface area contributed by atoms with Crippen molar-refractivity contribution in [2.75, 3.05) is 37.0 Å². The molecule has 0 aromatic heterocycles. The summed E-state index contributed by atoms with van der Waals surface area (Å²) in [5, 5.41) is 2.99. The quantitative estimate of drug-likeness (QED) is 0.304. The van der Waals surface area contributed by atoms with Gasteiger partial charge in [0, 0.05) is 31.7 Å². The van der Waals surface area contributed by atoms with Gasteiger partial charge in [0.25, 0.3) is 0 Å². The summed E-state index contributed by atoms with van der Waals surface area (Å²) < 4.78 is 28.2. The minimum absolute atomic E-state index is 0.0728. The Labute approximate surface area is 275 Å². The van der Waals surface area contributed by atoms with Gasteiger partial charge in [-0.3, -0.25) is 9.59 Å². The molecule has 1 saturated heterocycles. The summed E-state index contributed by atoms with van der Waals surface area (Å²) in [6.07, 6.45) is 10.8. The normalized spacial score (nSPS) is 26.6. The number of nitrogens with one attached hydrogen (secondary N) is 1. The van der Waals surface area contributed by atoms with E-state index in [9.17, 15) is 14.4 Å². The predicted octanol–water partition coefficient (Wildman–Crippen LogP) is 6.29. The molecule has 0 radical (unpaired) electrons. The van der Waals surface area contributed by atoms with Crippen molar-refractivity contribution >= 4 is 41.1 Å². The average Bonchev–Trinajstić information content (AvgIpc) is 3.63. The number of anilines is 2. The van der Waals surface area contributed by atoms with Gasteiger partial charge in [0.15, 0.2) is 0 Å². The summed E-state index contributed by atoms with van der Waals surface area (Å²) in [5.41, 5.74) is 2.29. The number of para-hydroxylation sites is 1. The maximum Gasteiger partial charge on any atom is 0.233 e. The molecular weight excluding hydrogens is 609 g/mol. The number of likely N-dealkylation sites (N-methyl/N-ethyl adjacent to an activating group) is 1. The molecule has 2 aliphatic heterocycles. The van der Waals surface area contributed by atoms with Crippen molar-refractivity contribution in [3.8, 4) is 0 Å². The van der Waals surface area contributed by atoms with Crippen LogP contribution in [0, 0.1) is 11.7 Å². The summed E-state index contributed by atoms with van der Waals surface area (Å²) in [5.74, 6) is -1.35. The van der Waals surface area contributed by atoms with Crippen LogP contribution in [-0.2, 0) is 30.3 Å². The lowest BCUT2D eigenvalue weighted by molar-refractivity contribution is -0.134. The molecular formula is C36H45ClFN3O5. The number of rotatable bonds is 10. The van der Waals surface area contributed by atoms with E-state index >= 15 is 4.39 Å². The largest absolute Gasteiger partial charge is 0.376 e. The molecule has 1 N–H and O–H groups in total. The first-order valence-electron chi connectivity index (χ1n) is 16.9. The van der Waals surface area contributed by atoms with E-state index in [4.69, 9.17) is 21.1 Å². The number of likely N-dealkylation sites (tertiary alicyclic amines) is 1. The lowest BCUT2D eigenvalue weighted by atomic mass is 9.88. The number of benzene rings is 2. The molecule has 2 amide bonds. The number of halogens is 2. The fourth-order valence-corrected chi connectivity index (χ4v) is 7.91. The zero-order chi connectivity index (χ0) is 32.2. The molecule has 2 unspecified atom stereocenters. The van der Waals surface area contributed by atoms with E-state index in [1.165, 1.54) is 18.6 Å². The topological polar surface area (TPSA) is 88.2 Å². The Morgan fingerprint density at radius 2 is 1.76 bits per heavy atom. The first-order chi connectivity index (χ1) is 22.3. The van der Waals surface area contributed by atoms with E-state index in [0.29, 0.717) is 26.1 Å². The smallest absolute Gasteiger partial charge is 0.233 e. The third-order valence-electron chi connectivity index (χ3n) is 10.3. The summed E-state index contributed by atoms with van der Waals surface area (Å²) >= 11 is 6.56. The van der Waals surface area contributed by atoms with E-state index in [1.54, 1.807) is 4.90 Å². The van der Waals surface area contributed by atoms with Crippen LogP contribution in [0.5, 0.6) is 0 Å². The van der Waals surface area contributed by atoms with E-state index in [0.717, 1.165) is 68.9 Å². The van der Waals surface area contributed by atoms with Crippen LogP contribution in [0.2, 0.25) is 5.02 Å².